The smallest absolute Gasteiger partial charge is 0.123 e. The maximum absolute atomic E-state index is 5.59. The second-order valence-corrected chi connectivity index (χ2v) is 4.75. The van der Waals surface area contributed by atoms with Gasteiger partial charge >= 0.3 is 0 Å². The van der Waals surface area contributed by atoms with Gasteiger partial charge in [0, 0.05) is 0 Å². The lowest BCUT2D eigenvalue weighted by atomic mass is 10.3. The molecule has 0 radical (unpaired) electrons. The molecule has 1 unspecified atom stereocenters. The first-order valence-corrected chi connectivity index (χ1v) is 5.75. The highest BCUT2D eigenvalue weighted by molar-refractivity contribution is 7.52. The molecule has 1 atom stereocenters. The fraction of sp³-hybridized carbons (Fsp3) is 0. The summed E-state index contributed by atoms with van der Waals surface area (Å²) >= 11 is 1.73. The van der Waals surface area contributed by atoms with Gasteiger partial charge in [-0.05, 0) is 23.6 Å². The normalized spacial score (nSPS) is 10.8. The van der Waals surface area contributed by atoms with Gasteiger partial charge in [0.25, 0.3) is 0 Å². The second-order valence-electron chi connectivity index (χ2n) is 2.49. The molecule has 0 aliphatic heterocycles. The number of benzene rings is 1. The van der Waals surface area contributed by atoms with Crippen LogP contribution >= 0.6 is 20.1 Å². The fourth-order valence-corrected chi connectivity index (χ4v) is 2.44. The van der Waals surface area contributed by atoms with E-state index >= 15 is 0 Å². The Hall–Kier alpha value is -0.850. The Balaban J connectivity index is 1.94. The van der Waals surface area contributed by atoms with Crippen LogP contribution in [-0.4, -0.2) is 0 Å². The molecule has 0 saturated carbocycles. The van der Waals surface area contributed by atoms with Gasteiger partial charge in [0.2, 0.25) is 0 Å². The van der Waals surface area contributed by atoms with Gasteiger partial charge in [-0.15, -0.1) is 11.3 Å². The van der Waals surface area contributed by atoms with Crippen LogP contribution in [0.5, 0.6) is 5.75 Å². The average molecular weight is 208 g/mol. The van der Waals surface area contributed by atoms with Crippen LogP contribution in [0.25, 0.3) is 0 Å². The third-order valence-electron chi connectivity index (χ3n) is 1.53. The van der Waals surface area contributed by atoms with E-state index in [1.807, 2.05) is 36.4 Å². The fourth-order valence-electron chi connectivity index (χ4n) is 0.934. The quantitative estimate of drug-likeness (QED) is 0.704. The van der Waals surface area contributed by atoms with Crippen LogP contribution in [0, 0.1) is 0 Å². The monoisotopic (exact) mass is 208 g/mol. The summed E-state index contributed by atoms with van der Waals surface area (Å²) in [6, 6.07) is 14.0. The predicted octanol–water partition coefficient (Wildman–Crippen LogP) is 3.05. The number of thiophene rings is 1. The molecule has 0 saturated heterocycles. The van der Waals surface area contributed by atoms with Gasteiger partial charge in [-0.2, -0.15) is 0 Å². The van der Waals surface area contributed by atoms with Crippen LogP contribution in [0.15, 0.2) is 47.8 Å². The van der Waals surface area contributed by atoms with Crippen molar-refractivity contribution >= 4 is 24.8 Å². The third-order valence-corrected chi connectivity index (χ3v) is 3.53. The molecular weight excluding hydrogens is 199 g/mol. The molecule has 0 amide bonds. The molecule has 0 aliphatic carbocycles. The molecule has 13 heavy (non-hydrogen) atoms. The lowest BCUT2D eigenvalue weighted by Crippen LogP contribution is -1.87. The van der Waals surface area contributed by atoms with Gasteiger partial charge in [-0.1, -0.05) is 24.3 Å². The van der Waals surface area contributed by atoms with E-state index in [-0.39, 0.29) is 0 Å². The Kier molecular flexibility index (Phi) is 2.96. The molecule has 66 valence electrons. The summed E-state index contributed by atoms with van der Waals surface area (Å²) in [4.78, 5) is 0. The summed E-state index contributed by atoms with van der Waals surface area (Å²) in [5, 5.41) is 2.07. The second kappa shape index (κ2) is 4.40. The average Bonchev–Trinajstić information content (AvgIpc) is 2.69. The standard InChI is InChI=1S/C10H9OPS/c1-2-5-9(6-3-1)11-12-10-7-4-8-13-10/h1-8,12H. The van der Waals surface area contributed by atoms with Gasteiger partial charge in [0.15, 0.2) is 0 Å². The molecule has 0 spiro atoms. The molecule has 1 nitrogen and oxygen atoms in total. The lowest BCUT2D eigenvalue weighted by molar-refractivity contribution is 0.639. The Morgan fingerprint density at radius 2 is 1.85 bits per heavy atom. The van der Waals surface area contributed by atoms with E-state index in [1.54, 1.807) is 11.3 Å². The lowest BCUT2D eigenvalue weighted by Gasteiger charge is -2.02. The SMILES string of the molecule is c1ccc(OPc2cccs2)cc1. The number of rotatable bonds is 3. The van der Waals surface area contributed by atoms with Gasteiger partial charge in [0.1, 0.15) is 14.6 Å². The van der Waals surface area contributed by atoms with Crippen molar-refractivity contribution in [1.29, 1.82) is 0 Å². The van der Waals surface area contributed by atoms with E-state index in [9.17, 15) is 0 Å². The molecule has 1 aromatic carbocycles. The molecule has 0 bridgehead atoms. The van der Waals surface area contributed by atoms with Crippen molar-refractivity contribution in [2.24, 2.45) is 0 Å². The van der Waals surface area contributed by atoms with Gasteiger partial charge < -0.3 is 4.52 Å². The topological polar surface area (TPSA) is 9.23 Å². The van der Waals surface area contributed by atoms with Crippen LogP contribution in [0.3, 0.4) is 0 Å². The Labute approximate surface area is 83.2 Å². The molecule has 1 aromatic heterocycles. The summed E-state index contributed by atoms with van der Waals surface area (Å²) in [5.41, 5.74) is 0. The molecular formula is C10H9OPS. The molecule has 0 fully saturated rings. The minimum absolute atomic E-state index is 0.425. The van der Waals surface area contributed by atoms with E-state index < -0.39 is 0 Å². The van der Waals surface area contributed by atoms with Gasteiger partial charge in [0.05, 0.1) is 4.62 Å². The van der Waals surface area contributed by atoms with Crippen LogP contribution in [0.4, 0.5) is 0 Å². The van der Waals surface area contributed by atoms with E-state index in [0.717, 1.165) is 5.75 Å². The van der Waals surface area contributed by atoms with Crippen molar-refractivity contribution in [3.63, 3.8) is 0 Å². The highest BCUT2D eigenvalue weighted by Gasteiger charge is 1.94. The van der Waals surface area contributed by atoms with Crippen molar-refractivity contribution in [3.05, 3.63) is 47.8 Å². The van der Waals surface area contributed by atoms with Crippen molar-refractivity contribution in [2.45, 2.75) is 0 Å². The maximum atomic E-state index is 5.59. The molecule has 0 N–H and O–H groups in total. The van der Waals surface area contributed by atoms with Crippen LogP contribution in [-0.2, 0) is 0 Å². The van der Waals surface area contributed by atoms with Crippen LogP contribution in [0.1, 0.15) is 0 Å². The molecule has 2 rings (SSSR count). The number of hydrogen-bond donors (Lipinski definition) is 0. The first-order chi connectivity index (χ1) is 6.45. The largest absolute Gasteiger partial charge is 0.472 e. The maximum Gasteiger partial charge on any atom is 0.123 e. The minimum atomic E-state index is 0.425. The first-order valence-electron chi connectivity index (χ1n) is 3.96. The summed E-state index contributed by atoms with van der Waals surface area (Å²) < 4.78 is 6.87. The number of para-hydroxylation sites is 1. The van der Waals surface area contributed by atoms with E-state index in [4.69, 9.17) is 4.52 Å². The van der Waals surface area contributed by atoms with Crippen LogP contribution < -0.4 is 9.14 Å². The van der Waals surface area contributed by atoms with Crippen molar-refractivity contribution < 1.29 is 4.52 Å². The summed E-state index contributed by atoms with van der Waals surface area (Å²) in [6.07, 6.45) is 0. The predicted molar refractivity (Wildman–Crippen MR) is 59.3 cm³/mol. The first kappa shape index (κ1) is 8.74. The highest BCUT2D eigenvalue weighted by Crippen LogP contribution is 2.21. The summed E-state index contributed by atoms with van der Waals surface area (Å²) in [5.74, 6) is 0.939. The van der Waals surface area contributed by atoms with Crippen molar-refractivity contribution in [2.75, 3.05) is 0 Å². The van der Waals surface area contributed by atoms with Crippen molar-refractivity contribution in [1.82, 2.24) is 0 Å². The summed E-state index contributed by atoms with van der Waals surface area (Å²) in [6.45, 7) is 0. The Morgan fingerprint density at radius 1 is 1.00 bits per heavy atom. The Morgan fingerprint density at radius 3 is 2.54 bits per heavy atom. The van der Waals surface area contributed by atoms with E-state index in [2.05, 4.69) is 11.4 Å². The molecule has 0 aliphatic rings. The zero-order valence-corrected chi connectivity index (χ0v) is 8.75. The number of hydrogen-bond acceptors (Lipinski definition) is 2. The third kappa shape index (κ3) is 2.55. The van der Waals surface area contributed by atoms with Crippen LogP contribution in [0.2, 0.25) is 0 Å². The van der Waals surface area contributed by atoms with Crippen molar-refractivity contribution in [3.8, 4) is 5.75 Å². The van der Waals surface area contributed by atoms with Gasteiger partial charge in [-0.3, -0.25) is 0 Å². The Bertz CT molecular complexity index is 344. The van der Waals surface area contributed by atoms with Gasteiger partial charge in [-0.25, -0.2) is 0 Å². The molecule has 3 heteroatoms. The van der Waals surface area contributed by atoms with E-state index in [1.165, 1.54) is 4.62 Å². The van der Waals surface area contributed by atoms with E-state index in [0.29, 0.717) is 8.81 Å². The molecule has 1 heterocycles. The zero-order valence-electron chi connectivity index (χ0n) is 6.94. The zero-order chi connectivity index (χ0) is 8.93. The summed E-state index contributed by atoms with van der Waals surface area (Å²) in [7, 11) is 0.425. The minimum Gasteiger partial charge on any atom is -0.472 e. The molecule has 2 aromatic rings. The highest BCUT2D eigenvalue weighted by atomic mass is 32.1.